The molecule has 0 bridgehead atoms. The zero-order chi connectivity index (χ0) is 15.0. The van der Waals surface area contributed by atoms with E-state index in [-0.39, 0.29) is 5.92 Å². The fourth-order valence-electron chi connectivity index (χ4n) is 3.18. The molecule has 0 aromatic rings. The lowest BCUT2D eigenvalue weighted by Gasteiger charge is -2.26. The highest BCUT2D eigenvalue weighted by Gasteiger charge is 2.18. The summed E-state index contributed by atoms with van der Waals surface area (Å²) in [5.74, 6) is 2.64. The summed E-state index contributed by atoms with van der Waals surface area (Å²) in [6.45, 7) is 6.42. The third-order valence-corrected chi connectivity index (χ3v) is 6.10. The highest BCUT2D eigenvalue weighted by atomic mass is 127. The van der Waals surface area contributed by atoms with Gasteiger partial charge in [-0.2, -0.15) is 0 Å². The SMILES string of the molecule is CC1CCC(CCCB(I)CCCC(=O)C(C)C)CC1. The molecule has 1 nitrogen and oxygen atoms in total. The molecule has 0 N–H and O–H groups in total. The fourth-order valence-corrected chi connectivity index (χ4v) is 4.06. The Hall–Kier alpha value is 0.465. The maximum Gasteiger partial charge on any atom is 0.217 e. The van der Waals surface area contributed by atoms with Crippen LogP contribution in [0.4, 0.5) is 0 Å². The van der Waals surface area contributed by atoms with Gasteiger partial charge < -0.3 is 0 Å². The molecule has 0 heterocycles. The molecular weight excluding hydrogens is 358 g/mol. The molecule has 0 aromatic heterocycles. The van der Waals surface area contributed by atoms with Gasteiger partial charge in [0, 0.05) is 12.3 Å². The number of hydrogen-bond donors (Lipinski definition) is 0. The Balaban J connectivity index is 2.00. The standard InChI is InChI=1S/C17H32BIO/c1-14(2)17(20)7-5-13-18(19)12-4-6-16-10-8-15(3)9-11-16/h14-16H,4-13H2,1-3H3. The lowest BCUT2D eigenvalue weighted by Crippen LogP contribution is -2.13. The Labute approximate surface area is 140 Å². The second-order valence-corrected chi connectivity index (χ2v) is 8.93. The van der Waals surface area contributed by atoms with Crippen molar-refractivity contribution in [2.24, 2.45) is 17.8 Å². The maximum absolute atomic E-state index is 11.6. The maximum atomic E-state index is 11.6. The summed E-state index contributed by atoms with van der Waals surface area (Å²) in [5, 5.41) is 0. The van der Waals surface area contributed by atoms with Crippen LogP contribution in [-0.2, 0) is 4.79 Å². The van der Waals surface area contributed by atoms with Crippen LogP contribution in [0.2, 0.25) is 12.6 Å². The number of Topliss-reactive ketones (excluding diaryl/α,β-unsaturated/α-hetero) is 1. The van der Waals surface area contributed by atoms with E-state index in [9.17, 15) is 4.79 Å². The average molecular weight is 390 g/mol. The van der Waals surface area contributed by atoms with Crippen molar-refractivity contribution >= 4 is 32.7 Å². The van der Waals surface area contributed by atoms with Gasteiger partial charge in [0.05, 0.1) is 0 Å². The number of ketones is 1. The molecule has 1 aliphatic rings. The van der Waals surface area contributed by atoms with Crippen LogP contribution in [0.3, 0.4) is 0 Å². The van der Waals surface area contributed by atoms with Gasteiger partial charge in [-0.05, 0) is 11.8 Å². The first-order valence-electron chi connectivity index (χ1n) is 8.65. The van der Waals surface area contributed by atoms with Crippen LogP contribution in [0, 0.1) is 17.8 Å². The predicted octanol–water partition coefficient (Wildman–Crippen LogP) is 6.02. The minimum absolute atomic E-state index is 0.219. The molecule has 0 aromatic carbocycles. The number of carbonyl (C=O) groups is 1. The van der Waals surface area contributed by atoms with Gasteiger partial charge >= 0.3 is 0 Å². The van der Waals surface area contributed by atoms with E-state index in [1.807, 2.05) is 13.8 Å². The molecule has 0 amide bonds. The third kappa shape index (κ3) is 8.04. The minimum atomic E-state index is 0.219. The van der Waals surface area contributed by atoms with Crippen LogP contribution in [0.25, 0.3) is 0 Å². The van der Waals surface area contributed by atoms with Gasteiger partial charge in [0.1, 0.15) is 5.78 Å². The van der Waals surface area contributed by atoms with Crippen molar-refractivity contribution in [1.82, 2.24) is 0 Å². The van der Waals surface area contributed by atoms with Crippen LogP contribution in [0.15, 0.2) is 0 Å². The molecule has 1 rings (SSSR count). The van der Waals surface area contributed by atoms with Crippen LogP contribution in [0.1, 0.15) is 72.1 Å². The summed E-state index contributed by atoms with van der Waals surface area (Å²) in [5.41, 5.74) is 0. The van der Waals surface area contributed by atoms with Crippen molar-refractivity contribution in [2.75, 3.05) is 0 Å². The van der Waals surface area contributed by atoms with Gasteiger partial charge in [0.2, 0.25) is 4.57 Å². The molecule has 1 saturated carbocycles. The van der Waals surface area contributed by atoms with Crippen molar-refractivity contribution < 1.29 is 4.79 Å². The molecule has 0 atom stereocenters. The molecule has 1 fully saturated rings. The fraction of sp³-hybridized carbons (Fsp3) is 0.941. The molecule has 3 heteroatoms. The monoisotopic (exact) mass is 390 g/mol. The summed E-state index contributed by atoms with van der Waals surface area (Å²) in [7, 11) is 0. The van der Waals surface area contributed by atoms with E-state index in [2.05, 4.69) is 29.3 Å². The van der Waals surface area contributed by atoms with E-state index in [0.717, 1.165) is 29.2 Å². The molecule has 1 aliphatic carbocycles. The molecule has 0 unspecified atom stereocenters. The largest absolute Gasteiger partial charge is 0.299 e. The predicted molar refractivity (Wildman–Crippen MR) is 98.8 cm³/mol. The zero-order valence-corrected chi connectivity index (χ0v) is 15.8. The lowest BCUT2D eigenvalue weighted by molar-refractivity contribution is -0.121. The molecule has 0 saturated heterocycles. The molecule has 0 aliphatic heterocycles. The van der Waals surface area contributed by atoms with E-state index >= 15 is 0 Å². The van der Waals surface area contributed by atoms with Crippen molar-refractivity contribution in [3.05, 3.63) is 0 Å². The summed E-state index contributed by atoms with van der Waals surface area (Å²) < 4.78 is 0.773. The summed E-state index contributed by atoms with van der Waals surface area (Å²) in [4.78, 5) is 11.6. The minimum Gasteiger partial charge on any atom is -0.299 e. The van der Waals surface area contributed by atoms with Crippen molar-refractivity contribution in [2.45, 2.75) is 84.8 Å². The number of carbonyl (C=O) groups excluding carboxylic acids is 1. The molecule has 0 spiro atoms. The van der Waals surface area contributed by atoms with Crippen LogP contribution in [-0.4, -0.2) is 10.4 Å². The first-order valence-corrected chi connectivity index (χ1v) is 9.90. The van der Waals surface area contributed by atoms with E-state index in [0.29, 0.717) is 5.78 Å². The van der Waals surface area contributed by atoms with E-state index < -0.39 is 0 Å². The molecule has 0 radical (unpaired) electrons. The van der Waals surface area contributed by atoms with E-state index in [1.54, 1.807) is 0 Å². The van der Waals surface area contributed by atoms with Crippen molar-refractivity contribution in [1.29, 1.82) is 0 Å². The molecule has 116 valence electrons. The zero-order valence-electron chi connectivity index (χ0n) is 13.7. The van der Waals surface area contributed by atoms with Crippen LogP contribution in [0.5, 0.6) is 0 Å². The summed E-state index contributed by atoms with van der Waals surface area (Å²) in [6.07, 6.45) is 13.1. The Bertz CT molecular complexity index is 272. The topological polar surface area (TPSA) is 17.1 Å². The van der Waals surface area contributed by atoms with Gasteiger partial charge in [-0.25, -0.2) is 0 Å². The Morgan fingerprint density at radius 2 is 1.75 bits per heavy atom. The van der Waals surface area contributed by atoms with Gasteiger partial charge in [-0.3, -0.25) is 4.79 Å². The lowest BCUT2D eigenvalue weighted by atomic mass is 9.67. The molecule has 20 heavy (non-hydrogen) atoms. The second kappa shape index (κ2) is 10.2. The quantitative estimate of drug-likeness (QED) is 0.347. The smallest absolute Gasteiger partial charge is 0.217 e. The number of halogens is 1. The Kier molecular flexibility index (Phi) is 9.47. The van der Waals surface area contributed by atoms with Crippen LogP contribution >= 0.6 is 22.4 Å². The van der Waals surface area contributed by atoms with Gasteiger partial charge in [0.15, 0.2) is 0 Å². The highest BCUT2D eigenvalue weighted by Crippen LogP contribution is 2.32. The average Bonchev–Trinajstić information content (AvgIpc) is 2.40. The third-order valence-electron chi connectivity index (χ3n) is 4.85. The normalized spacial score (nSPS) is 23.1. The Morgan fingerprint density at radius 1 is 1.15 bits per heavy atom. The van der Waals surface area contributed by atoms with Crippen LogP contribution < -0.4 is 0 Å². The van der Waals surface area contributed by atoms with E-state index in [1.165, 1.54) is 51.2 Å². The van der Waals surface area contributed by atoms with Gasteiger partial charge in [0.25, 0.3) is 0 Å². The summed E-state index contributed by atoms with van der Waals surface area (Å²) >= 11 is 2.59. The highest BCUT2D eigenvalue weighted by molar-refractivity contribution is 14.1. The second-order valence-electron chi connectivity index (χ2n) is 7.17. The van der Waals surface area contributed by atoms with Gasteiger partial charge in [-0.15, -0.1) is 22.4 Å². The number of hydrogen-bond acceptors (Lipinski definition) is 1. The number of rotatable bonds is 9. The Morgan fingerprint density at radius 3 is 2.35 bits per heavy atom. The van der Waals surface area contributed by atoms with Gasteiger partial charge in [-0.1, -0.05) is 78.4 Å². The van der Waals surface area contributed by atoms with E-state index in [4.69, 9.17) is 0 Å². The summed E-state index contributed by atoms with van der Waals surface area (Å²) in [6, 6.07) is 0. The first kappa shape index (κ1) is 18.5. The van der Waals surface area contributed by atoms with Crippen molar-refractivity contribution in [3.8, 4) is 0 Å². The van der Waals surface area contributed by atoms with Crippen molar-refractivity contribution in [3.63, 3.8) is 0 Å². The first-order chi connectivity index (χ1) is 9.49. The molecular formula is C17H32BIO.